The van der Waals surface area contributed by atoms with E-state index in [2.05, 4.69) is 39.7 Å². The lowest BCUT2D eigenvalue weighted by Gasteiger charge is -2.10. The van der Waals surface area contributed by atoms with Crippen LogP contribution in [0.1, 0.15) is 6.92 Å². The first-order chi connectivity index (χ1) is 8.11. The zero-order valence-electron chi connectivity index (χ0n) is 10.00. The van der Waals surface area contributed by atoms with E-state index in [-0.39, 0.29) is 5.91 Å². The molecule has 0 aliphatic rings. The number of halogens is 1. The minimum absolute atomic E-state index is 0.0172. The average molecular weight is 317 g/mol. The van der Waals surface area contributed by atoms with Crippen molar-refractivity contribution in [2.45, 2.75) is 12.2 Å². The zero-order valence-corrected chi connectivity index (χ0v) is 12.4. The number of hydrogen-bond acceptors (Lipinski definition) is 3. The Morgan fingerprint density at radius 1 is 1.53 bits per heavy atom. The molecule has 94 valence electrons. The second kappa shape index (κ2) is 7.74. The van der Waals surface area contributed by atoms with Gasteiger partial charge in [0.25, 0.3) is 0 Å². The van der Waals surface area contributed by atoms with Crippen LogP contribution in [0.15, 0.2) is 28.7 Å². The molecule has 1 atom stereocenters. The molecule has 0 aromatic heterocycles. The van der Waals surface area contributed by atoms with E-state index in [0.717, 1.165) is 16.7 Å². The van der Waals surface area contributed by atoms with Crippen LogP contribution in [0.5, 0.6) is 0 Å². The van der Waals surface area contributed by atoms with Gasteiger partial charge in [-0.3, -0.25) is 4.79 Å². The third kappa shape index (κ3) is 6.10. The Labute approximate surface area is 115 Å². The van der Waals surface area contributed by atoms with Gasteiger partial charge in [-0.2, -0.15) is 11.8 Å². The number of nitrogens with one attached hydrogen (secondary N) is 2. The summed E-state index contributed by atoms with van der Waals surface area (Å²) < 4.78 is 0.958. The first kappa shape index (κ1) is 14.5. The van der Waals surface area contributed by atoms with Crippen molar-refractivity contribution >= 4 is 39.3 Å². The molecule has 0 bridgehead atoms. The summed E-state index contributed by atoms with van der Waals surface area (Å²) in [6, 6.07) is 7.56. The second-order valence-corrected chi connectivity index (χ2v) is 5.93. The van der Waals surface area contributed by atoms with Crippen molar-refractivity contribution in [1.82, 2.24) is 5.32 Å². The number of benzene rings is 1. The van der Waals surface area contributed by atoms with Gasteiger partial charge in [0.1, 0.15) is 0 Å². The van der Waals surface area contributed by atoms with Crippen LogP contribution in [0.25, 0.3) is 0 Å². The molecule has 5 heteroatoms. The molecule has 0 saturated heterocycles. The van der Waals surface area contributed by atoms with Crippen LogP contribution in [0, 0.1) is 0 Å². The third-order valence-corrected chi connectivity index (χ3v) is 3.69. The smallest absolute Gasteiger partial charge is 0.238 e. The first-order valence-corrected chi connectivity index (χ1v) is 7.49. The van der Waals surface area contributed by atoms with Gasteiger partial charge in [0.15, 0.2) is 0 Å². The molecule has 0 radical (unpaired) electrons. The molecule has 3 nitrogen and oxygen atoms in total. The summed E-state index contributed by atoms with van der Waals surface area (Å²) in [6.07, 6.45) is 2.06. The Bertz CT molecular complexity index is 373. The summed E-state index contributed by atoms with van der Waals surface area (Å²) >= 11 is 5.15. The topological polar surface area (TPSA) is 41.1 Å². The van der Waals surface area contributed by atoms with E-state index in [1.807, 2.05) is 24.3 Å². The van der Waals surface area contributed by atoms with Gasteiger partial charge in [0.05, 0.1) is 6.54 Å². The molecule has 1 amide bonds. The summed E-state index contributed by atoms with van der Waals surface area (Å²) in [5.41, 5.74) is 0.809. The summed E-state index contributed by atoms with van der Waals surface area (Å²) in [7, 11) is 0. The quantitative estimate of drug-likeness (QED) is 0.848. The molecule has 0 saturated carbocycles. The first-order valence-electron chi connectivity index (χ1n) is 5.40. The lowest BCUT2D eigenvalue weighted by molar-refractivity contribution is -0.115. The molecule has 0 aliphatic heterocycles. The van der Waals surface area contributed by atoms with Crippen molar-refractivity contribution in [3.05, 3.63) is 28.7 Å². The lowest BCUT2D eigenvalue weighted by atomic mass is 10.3. The maximum absolute atomic E-state index is 11.6. The normalized spacial score (nSPS) is 12.2. The maximum atomic E-state index is 11.6. The molecule has 0 spiro atoms. The van der Waals surface area contributed by atoms with E-state index in [1.165, 1.54) is 0 Å². The van der Waals surface area contributed by atoms with E-state index < -0.39 is 0 Å². The molecule has 1 aromatic rings. The van der Waals surface area contributed by atoms with Crippen molar-refractivity contribution in [2.24, 2.45) is 0 Å². The fourth-order valence-corrected chi connectivity index (χ4v) is 1.93. The highest BCUT2D eigenvalue weighted by atomic mass is 79.9. The average Bonchev–Trinajstić information content (AvgIpc) is 2.28. The predicted molar refractivity (Wildman–Crippen MR) is 78.6 cm³/mol. The SMILES string of the molecule is CSC(C)CNCC(=O)Nc1cccc(Br)c1. The lowest BCUT2D eigenvalue weighted by Crippen LogP contribution is -2.31. The Hall–Kier alpha value is -0.520. The van der Waals surface area contributed by atoms with Crippen LogP contribution < -0.4 is 10.6 Å². The third-order valence-electron chi connectivity index (χ3n) is 2.23. The van der Waals surface area contributed by atoms with E-state index >= 15 is 0 Å². The van der Waals surface area contributed by atoms with Crippen molar-refractivity contribution in [3.8, 4) is 0 Å². The fourth-order valence-electron chi connectivity index (χ4n) is 1.24. The maximum Gasteiger partial charge on any atom is 0.238 e. The Morgan fingerprint density at radius 2 is 2.29 bits per heavy atom. The van der Waals surface area contributed by atoms with E-state index in [9.17, 15) is 4.79 Å². The summed E-state index contributed by atoms with van der Waals surface area (Å²) in [6.45, 7) is 3.31. The van der Waals surface area contributed by atoms with E-state index in [4.69, 9.17) is 0 Å². The van der Waals surface area contributed by atoms with E-state index in [1.54, 1.807) is 11.8 Å². The molecule has 2 N–H and O–H groups in total. The predicted octanol–water partition coefficient (Wildman–Crippen LogP) is 2.73. The summed E-state index contributed by atoms with van der Waals surface area (Å²) in [5, 5.41) is 6.48. The van der Waals surface area contributed by atoms with Gasteiger partial charge in [-0.1, -0.05) is 28.9 Å². The highest BCUT2D eigenvalue weighted by Crippen LogP contribution is 2.15. The van der Waals surface area contributed by atoms with Crippen molar-refractivity contribution in [3.63, 3.8) is 0 Å². The van der Waals surface area contributed by atoms with Crippen LogP contribution in [0.2, 0.25) is 0 Å². The largest absolute Gasteiger partial charge is 0.325 e. The minimum Gasteiger partial charge on any atom is -0.325 e. The highest BCUT2D eigenvalue weighted by molar-refractivity contribution is 9.10. The molecule has 1 rings (SSSR count). The number of carbonyl (C=O) groups is 1. The highest BCUT2D eigenvalue weighted by Gasteiger charge is 2.03. The van der Waals surface area contributed by atoms with Crippen LogP contribution in [-0.2, 0) is 4.79 Å². The fraction of sp³-hybridized carbons (Fsp3) is 0.417. The van der Waals surface area contributed by atoms with Crippen molar-refractivity contribution in [2.75, 3.05) is 24.7 Å². The van der Waals surface area contributed by atoms with Crippen molar-refractivity contribution in [1.29, 1.82) is 0 Å². The van der Waals surface area contributed by atoms with Crippen molar-refractivity contribution < 1.29 is 4.79 Å². The molecule has 0 aliphatic carbocycles. The van der Waals surface area contributed by atoms with Gasteiger partial charge in [-0.05, 0) is 24.5 Å². The van der Waals surface area contributed by atoms with Crippen LogP contribution >= 0.6 is 27.7 Å². The van der Waals surface area contributed by atoms with Crippen LogP contribution in [0.3, 0.4) is 0 Å². The number of anilines is 1. The Morgan fingerprint density at radius 3 is 2.94 bits per heavy atom. The van der Waals surface area contributed by atoms with E-state index in [0.29, 0.717) is 11.8 Å². The molecular weight excluding hydrogens is 300 g/mol. The molecule has 0 fully saturated rings. The van der Waals surface area contributed by atoms with Crippen LogP contribution in [0.4, 0.5) is 5.69 Å². The Balaban J connectivity index is 2.30. The summed E-state index contributed by atoms with van der Waals surface area (Å²) in [5.74, 6) is -0.0172. The van der Waals surface area contributed by atoms with Gasteiger partial charge < -0.3 is 10.6 Å². The molecular formula is C12H17BrN2OS. The number of amides is 1. The second-order valence-electron chi connectivity index (χ2n) is 3.74. The van der Waals surface area contributed by atoms with Gasteiger partial charge in [0, 0.05) is 22.0 Å². The van der Waals surface area contributed by atoms with Crippen LogP contribution in [-0.4, -0.2) is 30.5 Å². The van der Waals surface area contributed by atoms with Gasteiger partial charge in [0.2, 0.25) is 5.91 Å². The molecule has 0 heterocycles. The minimum atomic E-state index is -0.0172. The Kier molecular flexibility index (Phi) is 6.62. The van der Waals surface area contributed by atoms with Gasteiger partial charge in [-0.25, -0.2) is 0 Å². The number of rotatable bonds is 6. The summed E-state index contributed by atoms with van der Waals surface area (Å²) in [4.78, 5) is 11.6. The monoisotopic (exact) mass is 316 g/mol. The molecule has 17 heavy (non-hydrogen) atoms. The number of carbonyl (C=O) groups excluding carboxylic acids is 1. The van der Waals surface area contributed by atoms with Gasteiger partial charge in [-0.15, -0.1) is 0 Å². The zero-order chi connectivity index (χ0) is 12.7. The molecule has 1 unspecified atom stereocenters. The number of hydrogen-bond donors (Lipinski definition) is 2. The van der Waals surface area contributed by atoms with Gasteiger partial charge >= 0.3 is 0 Å². The molecule has 1 aromatic carbocycles. The number of thioether (sulfide) groups is 1. The standard InChI is InChI=1S/C12H17BrN2OS/c1-9(17-2)7-14-8-12(16)15-11-5-3-4-10(13)6-11/h3-6,9,14H,7-8H2,1-2H3,(H,15,16).